The third kappa shape index (κ3) is 6.24. The Morgan fingerprint density at radius 2 is 2.13 bits per heavy atom. The van der Waals surface area contributed by atoms with Crippen LogP contribution in [0.2, 0.25) is 0 Å². The molecule has 130 valence electrons. The molecular weight excluding hydrogens is 306 g/mol. The first-order chi connectivity index (χ1) is 10.9. The summed E-state index contributed by atoms with van der Waals surface area (Å²) in [4.78, 5) is 19.7. The summed E-state index contributed by atoms with van der Waals surface area (Å²) < 4.78 is 0. The Hall–Kier alpha value is -0.910. The van der Waals surface area contributed by atoms with Crippen LogP contribution in [0.15, 0.2) is 11.4 Å². The standard InChI is InChI=1S/C18H31N3OS/c1-19(2)11-16-10-17(23-14-16)13-21-9-5-6-15(12-21)7-8-18(22)20(3)4/h10,14-15H,5-9,11-13H2,1-4H3. The molecular formula is C18H31N3OS. The SMILES string of the molecule is CN(C)Cc1csc(CN2CCCC(CCC(=O)N(C)C)C2)c1. The quantitative estimate of drug-likeness (QED) is 0.765. The van der Waals surface area contributed by atoms with Crippen LogP contribution in [0.1, 0.15) is 36.1 Å². The lowest BCUT2D eigenvalue weighted by Crippen LogP contribution is -2.35. The van der Waals surface area contributed by atoms with Crippen LogP contribution >= 0.6 is 11.3 Å². The smallest absolute Gasteiger partial charge is 0.222 e. The Morgan fingerprint density at radius 3 is 2.83 bits per heavy atom. The van der Waals surface area contributed by atoms with Crippen LogP contribution in [-0.2, 0) is 17.9 Å². The highest BCUT2D eigenvalue weighted by molar-refractivity contribution is 7.10. The first-order valence-electron chi connectivity index (χ1n) is 8.57. The van der Waals surface area contributed by atoms with Crippen molar-refractivity contribution in [3.8, 4) is 0 Å². The van der Waals surface area contributed by atoms with Crippen molar-refractivity contribution in [1.82, 2.24) is 14.7 Å². The van der Waals surface area contributed by atoms with Crippen LogP contribution in [0.4, 0.5) is 0 Å². The number of hydrogen-bond acceptors (Lipinski definition) is 4. The maximum Gasteiger partial charge on any atom is 0.222 e. The Bertz CT molecular complexity index is 498. The average molecular weight is 338 g/mol. The third-order valence-corrected chi connectivity index (χ3v) is 5.42. The molecule has 0 spiro atoms. The summed E-state index contributed by atoms with van der Waals surface area (Å²) in [7, 11) is 7.92. The van der Waals surface area contributed by atoms with Crippen LogP contribution < -0.4 is 0 Å². The van der Waals surface area contributed by atoms with Crippen molar-refractivity contribution in [2.24, 2.45) is 5.92 Å². The summed E-state index contributed by atoms with van der Waals surface area (Å²) in [5.74, 6) is 0.933. The maximum atomic E-state index is 11.8. The number of nitrogens with zero attached hydrogens (tertiary/aromatic N) is 3. The highest BCUT2D eigenvalue weighted by Gasteiger charge is 2.21. The van der Waals surface area contributed by atoms with Crippen molar-refractivity contribution >= 4 is 17.2 Å². The van der Waals surface area contributed by atoms with Gasteiger partial charge >= 0.3 is 0 Å². The minimum Gasteiger partial charge on any atom is -0.349 e. The molecule has 1 aromatic heterocycles. The summed E-state index contributed by atoms with van der Waals surface area (Å²) in [6.45, 7) is 4.42. The second kappa shape index (κ2) is 8.81. The lowest BCUT2D eigenvalue weighted by Gasteiger charge is -2.32. The molecule has 0 aromatic carbocycles. The second-order valence-electron chi connectivity index (χ2n) is 7.23. The van der Waals surface area contributed by atoms with Gasteiger partial charge in [-0.05, 0) is 62.8 Å². The van der Waals surface area contributed by atoms with E-state index < -0.39 is 0 Å². The molecule has 5 heteroatoms. The van der Waals surface area contributed by atoms with E-state index in [0.717, 1.165) is 26.1 Å². The molecule has 0 radical (unpaired) electrons. The molecule has 1 aliphatic rings. The van der Waals surface area contributed by atoms with E-state index in [1.165, 1.54) is 29.8 Å². The fraction of sp³-hybridized carbons (Fsp3) is 0.722. The monoisotopic (exact) mass is 337 g/mol. The number of carbonyl (C=O) groups excluding carboxylic acids is 1. The molecule has 0 bridgehead atoms. The van der Waals surface area contributed by atoms with Gasteiger partial charge in [0.25, 0.3) is 0 Å². The molecule has 1 saturated heterocycles. The van der Waals surface area contributed by atoms with E-state index in [4.69, 9.17) is 0 Å². The van der Waals surface area contributed by atoms with Crippen LogP contribution in [0.3, 0.4) is 0 Å². The number of rotatable bonds is 7. The predicted octanol–water partition coefficient (Wildman–Crippen LogP) is 2.89. The molecule has 0 saturated carbocycles. The van der Waals surface area contributed by atoms with Crippen molar-refractivity contribution in [3.05, 3.63) is 21.9 Å². The Morgan fingerprint density at radius 1 is 1.35 bits per heavy atom. The van der Waals surface area contributed by atoms with Crippen molar-refractivity contribution in [2.45, 2.75) is 38.8 Å². The topological polar surface area (TPSA) is 26.8 Å². The molecule has 1 atom stereocenters. The molecule has 1 aliphatic heterocycles. The average Bonchev–Trinajstić information content (AvgIpc) is 2.91. The molecule has 1 unspecified atom stereocenters. The molecule has 23 heavy (non-hydrogen) atoms. The highest BCUT2D eigenvalue weighted by atomic mass is 32.1. The van der Waals surface area contributed by atoms with Gasteiger partial charge in [-0.2, -0.15) is 0 Å². The van der Waals surface area contributed by atoms with Crippen LogP contribution in [0.25, 0.3) is 0 Å². The van der Waals surface area contributed by atoms with Gasteiger partial charge in [-0.1, -0.05) is 0 Å². The van der Waals surface area contributed by atoms with Crippen LogP contribution in [-0.4, -0.2) is 61.9 Å². The minimum absolute atomic E-state index is 0.258. The number of likely N-dealkylation sites (tertiary alicyclic amines) is 1. The van der Waals surface area contributed by atoms with Gasteiger partial charge in [0.1, 0.15) is 0 Å². The molecule has 4 nitrogen and oxygen atoms in total. The van der Waals surface area contributed by atoms with Gasteiger partial charge in [-0.15, -0.1) is 11.3 Å². The van der Waals surface area contributed by atoms with Crippen LogP contribution in [0.5, 0.6) is 0 Å². The lowest BCUT2D eigenvalue weighted by molar-refractivity contribution is -0.129. The van der Waals surface area contributed by atoms with Gasteiger partial charge < -0.3 is 9.80 Å². The molecule has 1 amide bonds. The molecule has 1 fully saturated rings. The second-order valence-corrected chi connectivity index (χ2v) is 8.23. The Balaban J connectivity index is 1.79. The Kier molecular flexibility index (Phi) is 7.06. The highest BCUT2D eigenvalue weighted by Crippen LogP contribution is 2.24. The normalized spacial score (nSPS) is 19.3. The summed E-state index contributed by atoms with van der Waals surface area (Å²) >= 11 is 1.88. The number of thiophene rings is 1. The maximum absolute atomic E-state index is 11.8. The van der Waals surface area contributed by atoms with Crippen molar-refractivity contribution in [3.63, 3.8) is 0 Å². The fourth-order valence-corrected chi connectivity index (χ4v) is 4.18. The zero-order valence-corrected chi connectivity index (χ0v) is 15.9. The third-order valence-electron chi connectivity index (χ3n) is 4.45. The summed E-state index contributed by atoms with van der Waals surface area (Å²) in [6, 6.07) is 2.35. The van der Waals surface area contributed by atoms with Gasteiger partial charge in [0.2, 0.25) is 5.91 Å². The zero-order chi connectivity index (χ0) is 16.8. The van der Waals surface area contributed by atoms with E-state index in [-0.39, 0.29) is 5.91 Å². The number of carbonyl (C=O) groups is 1. The van der Waals surface area contributed by atoms with Gasteiger partial charge in [0, 0.05) is 45.0 Å². The molecule has 2 heterocycles. The summed E-state index contributed by atoms with van der Waals surface area (Å²) in [5, 5.41) is 2.28. The van der Waals surface area contributed by atoms with Crippen molar-refractivity contribution in [1.29, 1.82) is 0 Å². The first-order valence-corrected chi connectivity index (χ1v) is 9.45. The molecule has 1 aromatic rings. The number of amides is 1. The van der Waals surface area contributed by atoms with Gasteiger partial charge in [-0.25, -0.2) is 0 Å². The van der Waals surface area contributed by atoms with E-state index >= 15 is 0 Å². The molecule has 2 rings (SSSR count). The van der Waals surface area contributed by atoms with Crippen molar-refractivity contribution < 1.29 is 4.79 Å². The van der Waals surface area contributed by atoms with E-state index in [9.17, 15) is 4.79 Å². The van der Waals surface area contributed by atoms with E-state index in [1.54, 1.807) is 4.90 Å². The van der Waals surface area contributed by atoms with Gasteiger partial charge in [-0.3, -0.25) is 9.69 Å². The van der Waals surface area contributed by atoms with E-state index in [2.05, 4.69) is 35.3 Å². The first kappa shape index (κ1) is 18.4. The van der Waals surface area contributed by atoms with E-state index in [1.807, 2.05) is 25.4 Å². The molecule has 0 aliphatic carbocycles. The fourth-order valence-electron chi connectivity index (χ4n) is 3.26. The minimum atomic E-state index is 0.258. The number of hydrogen-bond donors (Lipinski definition) is 0. The largest absolute Gasteiger partial charge is 0.349 e. The summed E-state index contributed by atoms with van der Waals surface area (Å²) in [5.41, 5.74) is 1.42. The zero-order valence-electron chi connectivity index (χ0n) is 15.0. The van der Waals surface area contributed by atoms with E-state index in [0.29, 0.717) is 12.3 Å². The molecule has 0 N–H and O–H groups in total. The van der Waals surface area contributed by atoms with Crippen LogP contribution in [0, 0.1) is 5.92 Å². The Labute approximate surface area is 145 Å². The number of piperidine rings is 1. The lowest BCUT2D eigenvalue weighted by atomic mass is 9.93. The van der Waals surface area contributed by atoms with Gasteiger partial charge in [0.15, 0.2) is 0 Å². The van der Waals surface area contributed by atoms with Gasteiger partial charge in [0.05, 0.1) is 0 Å². The summed E-state index contributed by atoms with van der Waals surface area (Å²) in [6.07, 6.45) is 4.26. The predicted molar refractivity (Wildman–Crippen MR) is 97.6 cm³/mol. The van der Waals surface area contributed by atoms with Crippen molar-refractivity contribution in [2.75, 3.05) is 41.3 Å².